The van der Waals surface area contributed by atoms with Crippen LogP contribution in [0.2, 0.25) is 0 Å². The molecule has 0 bridgehead atoms. The van der Waals surface area contributed by atoms with Crippen LogP contribution in [0.5, 0.6) is 0 Å². The molecule has 1 saturated carbocycles. The van der Waals surface area contributed by atoms with Gasteiger partial charge in [-0.2, -0.15) is 0 Å². The van der Waals surface area contributed by atoms with Crippen LogP contribution in [0.25, 0.3) is 0 Å². The second-order valence-electron chi connectivity index (χ2n) is 8.29. The van der Waals surface area contributed by atoms with E-state index in [0.29, 0.717) is 13.1 Å². The Labute approximate surface area is 154 Å². The minimum Gasteiger partial charge on any atom is -0.445 e. The predicted octanol–water partition coefficient (Wildman–Crippen LogP) is 3.70. The van der Waals surface area contributed by atoms with Crippen LogP contribution in [0.15, 0.2) is 30.3 Å². The summed E-state index contributed by atoms with van der Waals surface area (Å²) in [5.74, 6) is 0.249. The first kappa shape index (κ1) is 18.5. The summed E-state index contributed by atoms with van der Waals surface area (Å²) in [6, 6.07) is 9.63. The van der Waals surface area contributed by atoms with Crippen LogP contribution >= 0.6 is 0 Å². The van der Waals surface area contributed by atoms with Gasteiger partial charge in [0.2, 0.25) is 0 Å². The summed E-state index contributed by atoms with van der Waals surface area (Å²) in [5.41, 5.74) is 0.0253. The fourth-order valence-corrected chi connectivity index (χ4v) is 3.95. The zero-order chi connectivity index (χ0) is 18.8. The van der Waals surface area contributed by atoms with Crippen molar-refractivity contribution in [3.63, 3.8) is 0 Å². The van der Waals surface area contributed by atoms with Crippen molar-refractivity contribution < 1.29 is 19.1 Å². The van der Waals surface area contributed by atoms with Crippen LogP contribution in [0, 0.1) is 5.92 Å². The van der Waals surface area contributed by atoms with E-state index in [9.17, 15) is 9.59 Å². The van der Waals surface area contributed by atoms with Crippen molar-refractivity contribution in [1.29, 1.82) is 0 Å². The molecule has 1 aliphatic heterocycles. The molecule has 2 amide bonds. The van der Waals surface area contributed by atoms with E-state index in [0.717, 1.165) is 24.8 Å². The fraction of sp³-hybridized carbons (Fsp3) is 0.600. The lowest BCUT2D eigenvalue weighted by atomic mass is 9.91. The zero-order valence-electron chi connectivity index (χ0n) is 15.8. The molecule has 1 aromatic rings. The Hall–Kier alpha value is -2.24. The van der Waals surface area contributed by atoms with E-state index in [2.05, 4.69) is 5.32 Å². The van der Waals surface area contributed by atoms with Gasteiger partial charge in [0, 0.05) is 19.0 Å². The number of amides is 2. The van der Waals surface area contributed by atoms with E-state index in [-0.39, 0.29) is 18.6 Å². The monoisotopic (exact) mass is 360 g/mol. The second kappa shape index (κ2) is 7.17. The predicted molar refractivity (Wildman–Crippen MR) is 97.6 cm³/mol. The number of hydrogen-bond acceptors (Lipinski definition) is 4. The molecule has 6 nitrogen and oxygen atoms in total. The second-order valence-corrected chi connectivity index (χ2v) is 8.29. The lowest BCUT2D eigenvalue weighted by Crippen LogP contribution is -2.53. The molecular weight excluding hydrogens is 332 g/mol. The first-order valence-corrected chi connectivity index (χ1v) is 9.24. The summed E-state index contributed by atoms with van der Waals surface area (Å²) >= 11 is 0. The van der Waals surface area contributed by atoms with Crippen molar-refractivity contribution >= 4 is 12.2 Å². The van der Waals surface area contributed by atoms with Gasteiger partial charge in [-0.15, -0.1) is 0 Å². The molecule has 2 atom stereocenters. The minimum absolute atomic E-state index is 0.249. The Balaban J connectivity index is 1.59. The number of nitrogens with one attached hydrogen (secondary N) is 1. The Morgan fingerprint density at radius 1 is 1.27 bits per heavy atom. The van der Waals surface area contributed by atoms with Gasteiger partial charge in [-0.3, -0.25) is 0 Å². The van der Waals surface area contributed by atoms with Gasteiger partial charge in [-0.05, 0) is 39.2 Å². The number of rotatable bonds is 3. The number of likely N-dealkylation sites (tertiary alicyclic amines) is 1. The SMILES string of the molecule is CC(C)(C)OC(=O)NC12CCC[C@@H]1CN(C(=O)OCc1ccccc1)C2. The first-order chi connectivity index (χ1) is 12.3. The van der Waals surface area contributed by atoms with Crippen LogP contribution in [-0.4, -0.2) is 41.3 Å². The van der Waals surface area contributed by atoms with Crippen LogP contribution in [-0.2, 0) is 16.1 Å². The average Bonchev–Trinajstić information content (AvgIpc) is 3.08. The van der Waals surface area contributed by atoms with Crippen LogP contribution in [0.3, 0.4) is 0 Å². The highest BCUT2D eigenvalue weighted by atomic mass is 16.6. The largest absolute Gasteiger partial charge is 0.445 e. The Bertz CT molecular complexity index is 656. The molecule has 0 aromatic heterocycles. The number of carbonyl (C=O) groups excluding carboxylic acids is 2. The molecule has 26 heavy (non-hydrogen) atoms. The molecule has 1 heterocycles. The third kappa shape index (κ3) is 4.29. The van der Waals surface area contributed by atoms with Crippen molar-refractivity contribution in [2.45, 2.75) is 57.8 Å². The van der Waals surface area contributed by atoms with E-state index < -0.39 is 17.2 Å². The number of hydrogen-bond donors (Lipinski definition) is 1. The van der Waals surface area contributed by atoms with E-state index in [1.54, 1.807) is 4.90 Å². The summed E-state index contributed by atoms with van der Waals surface area (Å²) in [7, 11) is 0. The summed E-state index contributed by atoms with van der Waals surface area (Å²) in [5, 5.41) is 3.06. The maximum Gasteiger partial charge on any atom is 0.410 e. The fourth-order valence-electron chi connectivity index (χ4n) is 3.95. The number of alkyl carbamates (subject to hydrolysis) is 1. The number of ether oxygens (including phenoxy) is 2. The van der Waals surface area contributed by atoms with Crippen LogP contribution in [0.1, 0.15) is 45.6 Å². The summed E-state index contributed by atoms with van der Waals surface area (Å²) in [4.78, 5) is 26.5. The molecule has 1 N–H and O–H groups in total. The normalized spacial score (nSPS) is 24.9. The van der Waals surface area contributed by atoms with Gasteiger partial charge >= 0.3 is 12.2 Å². The van der Waals surface area contributed by atoms with Crippen molar-refractivity contribution in [2.24, 2.45) is 5.92 Å². The maximum absolute atomic E-state index is 12.5. The van der Waals surface area contributed by atoms with Crippen molar-refractivity contribution in [3.05, 3.63) is 35.9 Å². The first-order valence-electron chi connectivity index (χ1n) is 9.24. The minimum atomic E-state index is -0.540. The van der Waals surface area contributed by atoms with Gasteiger partial charge < -0.3 is 19.7 Å². The van der Waals surface area contributed by atoms with E-state index in [1.807, 2.05) is 51.1 Å². The quantitative estimate of drug-likeness (QED) is 0.892. The highest BCUT2D eigenvalue weighted by Crippen LogP contribution is 2.42. The highest BCUT2D eigenvalue weighted by molar-refractivity contribution is 5.71. The standard InChI is InChI=1S/C20H28N2O4/c1-19(2,3)26-17(23)21-20-11-7-10-16(20)12-22(14-20)18(24)25-13-15-8-5-4-6-9-15/h4-6,8-9,16H,7,10-14H2,1-3H3,(H,21,23)/t16-,20?/m1/s1. The number of fused-ring (bicyclic) bond motifs is 1. The lowest BCUT2D eigenvalue weighted by molar-refractivity contribution is 0.0440. The van der Waals surface area contributed by atoms with Crippen molar-refractivity contribution in [3.8, 4) is 0 Å². The highest BCUT2D eigenvalue weighted by Gasteiger charge is 2.52. The smallest absolute Gasteiger partial charge is 0.410 e. The van der Waals surface area contributed by atoms with Gasteiger partial charge in [0.05, 0.1) is 5.54 Å². The molecule has 2 fully saturated rings. The molecular formula is C20H28N2O4. The lowest BCUT2D eigenvalue weighted by Gasteiger charge is -2.31. The molecule has 1 unspecified atom stereocenters. The molecule has 6 heteroatoms. The molecule has 142 valence electrons. The third-order valence-electron chi connectivity index (χ3n) is 5.08. The summed E-state index contributed by atoms with van der Waals surface area (Å²) in [6.07, 6.45) is 2.17. The van der Waals surface area contributed by atoms with E-state index >= 15 is 0 Å². The topological polar surface area (TPSA) is 67.9 Å². The molecule has 1 aromatic carbocycles. The van der Waals surface area contributed by atoms with Crippen LogP contribution in [0.4, 0.5) is 9.59 Å². The van der Waals surface area contributed by atoms with Gasteiger partial charge in [-0.25, -0.2) is 9.59 Å². The average molecular weight is 360 g/mol. The Morgan fingerprint density at radius 3 is 2.69 bits per heavy atom. The summed E-state index contributed by atoms with van der Waals surface area (Å²) < 4.78 is 10.9. The van der Waals surface area contributed by atoms with Crippen molar-refractivity contribution in [2.75, 3.05) is 13.1 Å². The molecule has 3 rings (SSSR count). The Kier molecular flexibility index (Phi) is 5.12. The maximum atomic E-state index is 12.5. The molecule has 0 spiro atoms. The van der Waals surface area contributed by atoms with Gasteiger partial charge in [-0.1, -0.05) is 36.8 Å². The molecule has 2 aliphatic rings. The van der Waals surface area contributed by atoms with Crippen LogP contribution < -0.4 is 5.32 Å². The van der Waals surface area contributed by atoms with E-state index in [1.165, 1.54) is 0 Å². The molecule has 0 radical (unpaired) electrons. The molecule has 1 saturated heterocycles. The van der Waals surface area contributed by atoms with Gasteiger partial charge in [0.15, 0.2) is 0 Å². The number of benzene rings is 1. The zero-order valence-corrected chi connectivity index (χ0v) is 15.8. The Morgan fingerprint density at radius 2 is 2.00 bits per heavy atom. The number of nitrogens with zero attached hydrogens (tertiary/aromatic N) is 1. The molecule has 1 aliphatic carbocycles. The van der Waals surface area contributed by atoms with E-state index in [4.69, 9.17) is 9.47 Å². The van der Waals surface area contributed by atoms with Gasteiger partial charge in [0.25, 0.3) is 0 Å². The third-order valence-corrected chi connectivity index (χ3v) is 5.08. The van der Waals surface area contributed by atoms with Gasteiger partial charge in [0.1, 0.15) is 12.2 Å². The number of carbonyl (C=O) groups is 2. The summed E-state index contributed by atoms with van der Waals surface area (Å²) in [6.45, 7) is 6.89. The van der Waals surface area contributed by atoms with Crippen molar-refractivity contribution in [1.82, 2.24) is 10.2 Å².